The summed E-state index contributed by atoms with van der Waals surface area (Å²) in [6.07, 6.45) is 1.93. The Bertz CT molecular complexity index is 1290. The first-order chi connectivity index (χ1) is 16.4. The molecule has 0 aliphatic rings. The van der Waals surface area contributed by atoms with E-state index in [-0.39, 0.29) is 12.5 Å². The van der Waals surface area contributed by atoms with Gasteiger partial charge in [-0.3, -0.25) is 9.59 Å². The van der Waals surface area contributed by atoms with Crippen LogP contribution in [-0.2, 0) is 11.3 Å². The molecule has 3 aromatic carbocycles. The van der Waals surface area contributed by atoms with Crippen LogP contribution in [0.2, 0.25) is 5.02 Å². The minimum Gasteiger partial charge on any atom is -0.484 e. The predicted octanol–water partition coefficient (Wildman–Crippen LogP) is 4.33. The highest BCUT2D eigenvalue weighted by Gasteiger charge is 2.18. The minimum absolute atomic E-state index is 0.157. The third-order valence-electron chi connectivity index (χ3n) is 5.16. The molecule has 1 heterocycles. The van der Waals surface area contributed by atoms with Gasteiger partial charge in [0, 0.05) is 41.5 Å². The number of nitrogens with zero attached hydrogens (tertiary/aromatic N) is 3. The van der Waals surface area contributed by atoms with Crippen LogP contribution in [0, 0.1) is 0 Å². The van der Waals surface area contributed by atoms with Crippen LogP contribution in [0.15, 0.2) is 85.1 Å². The van der Waals surface area contributed by atoms with Gasteiger partial charge in [0.1, 0.15) is 5.75 Å². The lowest BCUT2D eigenvalue weighted by Crippen LogP contribution is -2.26. The lowest BCUT2D eigenvalue weighted by molar-refractivity contribution is -0.119. The molecule has 2 N–H and O–H groups in total. The molecule has 0 atom stereocenters. The minimum atomic E-state index is -0.563. The fraction of sp³-hybridized carbons (Fsp3) is 0.115. The molecule has 0 spiro atoms. The van der Waals surface area contributed by atoms with Gasteiger partial charge < -0.3 is 15.4 Å². The lowest BCUT2D eigenvalue weighted by atomic mass is 10.1. The molecule has 0 fully saturated rings. The van der Waals surface area contributed by atoms with E-state index in [0.717, 1.165) is 22.5 Å². The van der Waals surface area contributed by atoms with Gasteiger partial charge >= 0.3 is 0 Å². The van der Waals surface area contributed by atoms with Crippen LogP contribution >= 0.6 is 11.6 Å². The molecule has 0 unspecified atom stereocenters. The van der Waals surface area contributed by atoms with Crippen molar-refractivity contribution in [3.05, 3.63) is 101 Å². The standard InChI is InChI=1S/C26H23ClN4O3/c1-30(26(33)19-9-13-23(14-10-19)34-17-24(28)32)15-20-16-31(22-5-3-2-4-6-22)29-25(20)18-7-11-21(27)12-8-18/h2-14,16H,15,17H2,1H3,(H2,28,32). The summed E-state index contributed by atoms with van der Waals surface area (Å²) in [5.74, 6) is -0.254. The van der Waals surface area contributed by atoms with E-state index in [1.54, 1.807) is 36.2 Å². The van der Waals surface area contributed by atoms with Crippen LogP contribution in [0.25, 0.3) is 16.9 Å². The number of amides is 2. The van der Waals surface area contributed by atoms with Crippen molar-refractivity contribution in [2.75, 3.05) is 13.7 Å². The van der Waals surface area contributed by atoms with Crippen LogP contribution in [0.5, 0.6) is 5.75 Å². The van der Waals surface area contributed by atoms with Gasteiger partial charge in [-0.1, -0.05) is 41.9 Å². The van der Waals surface area contributed by atoms with Gasteiger partial charge in [0.2, 0.25) is 0 Å². The average Bonchev–Trinajstić information content (AvgIpc) is 3.27. The number of benzene rings is 3. The van der Waals surface area contributed by atoms with E-state index in [2.05, 4.69) is 0 Å². The first-order valence-corrected chi connectivity index (χ1v) is 10.9. The summed E-state index contributed by atoms with van der Waals surface area (Å²) < 4.78 is 7.06. The molecule has 4 aromatic rings. The van der Waals surface area contributed by atoms with Crippen molar-refractivity contribution < 1.29 is 14.3 Å². The van der Waals surface area contributed by atoms with E-state index in [4.69, 9.17) is 27.2 Å². The predicted molar refractivity (Wildman–Crippen MR) is 131 cm³/mol. The van der Waals surface area contributed by atoms with Crippen molar-refractivity contribution in [2.24, 2.45) is 5.73 Å². The Hall–Kier alpha value is -4.10. The summed E-state index contributed by atoms with van der Waals surface area (Å²) in [7, 11) is 1.74. The Labute approximate surface area is 202 Å². The Balaban J connectivity index is 1.58. The zero-order valence-corrected chi connectivity index (χ0v) is 19.3. The maximum atomic E-state index is 13.1. The van der Waals surface area contributed by atoms with E-state index in [1.165, 1.54) is 0 Å². The number of halogens is 1. The summed E-state index contributed by atoms with van der Waals surface area (Å²) in [5.41, 5.74) is 9.09. The average molecular weight is 475 g/mol. The number of rotatable bonds is 8. The highest BCUT2D eigenvalue weighted by Crippen LogP contribution is 2.26. The molecule has 8 heteroatoms. The van der Waals surface area contributed by atoms with Gasteiger partial charge in [-0.25, -0.2) is 4.68 Å². The van der Waals surface area contributed by atoms with Crippen LogP contribution < -0.4 is 10.5 Å². The summed E-state index contributed by atoms with van der Waals surface area (Å²) >= 11 is 6.07. The van der Waals surface area contributed by atoms with Gasteiger partial charge in [-0.15, -0.1) is 0 Å². The van der Waals surface area contributed by atoms with Crippen molar-refractivity contribution in [3.8, 4) is 22.7 Å². The maximum Gasteiger partial charge on any atom is 0.255 e. The Morgan fingerprint density at radius 3 is 2.32 bits per heavy atom. The summed E-state index contributed by atoms with van der Waals surface area (Å²) in [4.78, 5) is 25.6. The first kappa shape index (κ1) is 23.1. The number of nitrogens with two attached hydrogens (primary N) is 1. The van der Waals surface area contributed by atoms with E-state index < -0.39 is 5.91 Å². The fourth-order valence-electron chi connectivity index (χ4n) is 3.49. The molecular weight excluding hydrogens is 452 g/mol. The third kappa shape index (κ3) is 5.44. The van der Waals surface area contributed by atoms with Gasteiger partial charge in [0.05, 0.1) is 11.4 Å². The summed E-state index contributed by atoms with van der Waals surface area (Å²) in [6, 6.07) is 23.8. The molecular formula is C26H23ClN4O3. The number of ether oxygens (including phenoxy) is 1. The largest absolute Gasteiger partial charge is 0.484 e. The van der Waals surface area contributed by atoms with Gasteiger partial charge in [0.25, 0.3) is 11.8 Å². The van der Waals surface area contributed by atoms with Gasteiger partial charge in [0.15, 0.2) is 6.61 Å². The van der Waals surface area contributed by atoms with Crippen molar-refractivity contribution in [1.82, 2.24) is 14.7 Å². The summed E-state index contributed by atoms with van der Waals surface area (Å²) in [5, 5.41) is 5.44. The molecule has 0 radical (unpaired) electrons. The molecule has 34 heavy (non-hydrogen) atoms. The van der Waals surface area contributed by atoms with E-state index in [1.807, 2.05) is 65.5 Å². The molecule has 4 rings (SSSR count). The molecule has 0 bridgehead atoms. The van der Waals surface area contributed by atoms with Crippen molar-refractivity contribution >= 4 is 23.4 Å². The second-order valence-corrected chi connectivity index (χ2v) is 8.17. The molecule has 0 saturated carbocycles. The summed E-state index contributed by atoms with van der Waals surface area (Å²) in [6.45, 7) is 0.135. The van der Waals surface area contributed by atoms with E-state index in [0.29, 0.717) is 22.9 Å². The Morgan fingerprint density at radius 1 is 1.00 bits per heavy atom. The van der Waals surface area contributed by atoms with Crippen molar-refractivity contribution in [3.63, 3.8) is 0 Å². The molecule has 0 saturated heterocycles. The molecule has 1 aromatic heterocycles. The van der Waals surface area contributed by atoms with Gasteiger partial charge in [-0.05, 0) is 48.5 Å². The lowest BCUT2D eigenvalue weighted by Gasteiger charge is -2.17. The number of carbonyl (C=O) groups is 2. The van der Waals surface area contributed by atoms with Crippen molar-refractivity contribution in [2.45, 2.75) is 6.54 Å². The maximum absolute atomic E-state index is 13.1. The SMILES string of the molecule is CN(Cc1cn(-c2ccccc2)nc1-c1ccc(Cl)cc1)C(=O)c1ccc(OCC(N)=O)cc1. The second kappa shape index (κ2) is 10.2. The number of hydrogen-bond donors (Lipinski definition) is 1. The second-order valence-electron chi connectivity index (χ2n) is 7.73. The Kier molecular flexibility index (Phi) is 6.94. The topological polar surface area (TPSA) is 90.4 Å². The third-order valence-corrected chi connectivity index (χ3v) is 5.42. The van der Waals surface area contributed by atoms with Crippen molar-refractivity contribution in [1.29, 1.82) is 0 Å². The normalized spacial score (nSPS) is 10.6. The zero-order valence-electron chi connectivity index (χ0n) is 18.5. The smallest absolute Gasteiger partial charge is 0.255 e. The number of carbonyl (C=O) groups excluding carboxylic acids is 2. The Morgan fingerprint density at radius 2 is 1.68 bits per heavy atom. The highest BCUT2D eigenvalue weighted by atomic mass is 35.5. The number of para-hydroxylation sites is 1. The number of primary amides is 1. The van der Waals surface area contributed by atoms with Gasteiger partial charge in [-0.2, -0.15) is 5.10 Å². The van der Waals surface area contributed by atoms with Crippen LogP contribution in [0.4, 0.5) is 0 Å². The molecule has 7 nitrogen and oxygen atoms in total. The fourth-order valence-corrected chi connectivity index (χ4v) is 3.61. The van der Waals surface area contributed by atoms with E-state index in [9.17, 15) is 9.59 Å². The zero-order chi connectivity index (χ0) is 24.1. The van der Waals surface area contributed by atoms with Crippen LogP contribution in [0.1, 0.15) is 15.9 Å². The quantitative estimate of drug-likeness (QED) is 0.411. The van der Waals surface area contributed by atoms with Crippen LogP contribution in [-0.4, -0.2) is 40.1 Å². The molecule has 172 valence electrons. The number of aromatic nitrogens is 2. The first-order valence-electron chi connectivity index (χ1n) is 10.6. The highest BCUT2D eigenvalue weighted by molar-refractivity contribution is 6.30. The van der Waals surface area contributed by atoms with E-state index >= 15 is 0 Å². The monoisotopic (exact) mass is 474 g/mol. The number of hydrogen-bond acceptors (Lipinski definition) is 4. The molecule has 0 aliphatic heterocycles. The van der Waals surface area contributed by atoms with Crippen LogP contribution in [0.3, 0.4) is 0 Å². The molecule has 2 amide bonds. The molecule has 0 aliphatic carbocycles.